The first-order valence-corrected chi connectivity index (χ1v) is 7.89. The highest BCUT2D eigenvalue weighted by Gasteiger charge is 2.10. The number of H-pyrrole nitrogens is 1. The van der Waals surface area contributed by atoms with Crippen molar-refractivity contribution in [2.24, 2.45) is 0 Å². The molecule has 0 amide bonds. The highest BCUT2D eigenvalue weighted by Crippen LogP contribution is 2.36. The lowest BCUT2D eigenvalue weighted by Crippen LogP contribution is -1.80. The van der Waals surface area contributed by atoms with Crippen LogP contribution in [0, 0.1) is 0 Å². The number of fused-ring (bicyclic) bond motifs is 4. The molecular weight excluding hydrogens is 278 g/mol. The van der Waals surface area contributed by atoms with Crippen LogP contribution in [0.5, 0.6) is 0 Å². The van der Waals surface area contributed by atoms with Crippen LogP contribution >= 0.6 is 0 Å². The first-order valence-electron chi connectivity index (χ1n) is 7.89. The van der Waals surface area contributed by atoms with Crippen molar-refractivity contribution in [3.05, 3.63) is 85.1 Å². The third-order valence-corrected chi connectivity index (χ3v) is 4.66. The molecule has 5 rings (SSSR count). The van der Waals surface area contributed by atoms with Gasteiger partial charge < -0.3 is 4.98 Å². The summed E-state index contributed by atoms with van der Waals surface area (Å²) in [4.78, 5) is 3.49. The molecule has 0 spiro atoms. The molecule has 0 aliphatic carbocycles. The first-order chi connectivity index (χ1) is 11.4. The first kappa shape index (κ1) is 12.5. The van der Waals surface area contributed by atoms with Gasteiger partial charge in [0.1, 0.15) is 0 Å². The number of rotatable bonds is 1. The summed E-state index contributed by atoms with van der Waals surface area (Å²) >= 11 is 0. The molecular formula is C22H15N. The maximum absolute atomic E-state index is 3.49. The molecule has 0 saturated carbocycles. The van der Waals surface area contributed by atoms with Gasteiger partial charge in [-0.25, -0.2) is 0 Å². The molecule has 0 radical (unpaired) electrons. The fourth-order valence-electron chi connectivity index (χ4n) is 3.56. The van der Waals surface area contributed by atoms with E-state index in [-0.39, 0.29) is 0 Å². The van der Waals surface area contributed by atoms with E-state index >= 15 is 0 Å². The molecule has 0 fully saturated rings. The summed E-state index contributed by atoms with van der Waals surface area (Å²) in [6, 6.07) is 28.0. The maximum atomic E-state index is 3.49. The normalized spacial score (nSPS) is 11.5. The summed E-state index contributed by atoms with van der Waals surface area (Å²) in [5.74, 6) is 0. The van der Waals surface area contributed by atoms with Gasteiger partial charge in [0.15, 0.2) is 0 Å². The summed E-state index contributed by atoms with van der Waals surface area (Å²) in [5.41, 5.74) is 3.76. The summed E-state index contributed by atoms with van der Waals surface area (Å²) < 4.78 is 0. The van der Waals surface area contributed by atoms with Gasteiger partial charge in [-0.1, -0.05) is 78.9 Å². The lowest BCUT2D eigenvalue weighted by Gasteiger charge is -2.06. The molecule has 0 bridgehead atoms. The van der Waals surface area contributed by atoms with Gasteiger partial charge in [-0.05, 0) is 21.7 Å². The van der Waals surface area contributed by atoms with Crippen molar-refractivity contribution in [3.8, 4) is 11.1 Å². The fraction of sp³-hybridized carbons (Fsp3) is 0. The van der Waals surface area contributed by atoms with Crippen molar-refractivity contribution in [1.82, 2.24) is 4.98 Å². The van der Waals surface area contributed by atoms with Crippen LogP contribution in [0.25, 0.3) is 43.6 Å². The molecule has 1 N–H and O–H groups in total. The zero-order valence-corrected chi connectivity index (χ0v) is 12.6. The van der Waals surface area contributed by atoms with Crippen molar-refractivity contribution < 1.29 is 0 Å². The van der Waals surface area contributed by atoms with Gasteiger partial charge in [-0.2, -0.15) is 0 Å². The molecule has 5 aromatic rings. The largest absolute Gasteiger partial charge is 0.360 e. The third-order valence-electron chi connectivity index (χ3n) is 4.66. The van der Waals surface area contributed by atoms with E-state index < -0.39 is 0 Å². The Morgan fingerprint density at radius 3 is 2.04 bits per heavy atom. The standard InChI is InChI=1S/C22H15N/c1-3-9-17-15(6-1)8-5-11-19(17)21-14-23-22-18-10-4-2-7-16(18)12-13-20(21)22/h1-14,23H. The molecule has 4 aromatic carbocycles. The average Bonchev–Trinajstić information content (AvgIpc) is 3.05. The quantitative estimate of drug-likeness (QED) is 0.382. The van der Waals surface area contributed by atoms with Crippen LogP contribution in [0.1, 0.15) is 0 Å². The summed E-state index contributed by atoms with van der Waals surface area (Å²) in [5, 5.41) is 6.40. The molecule has 0 saturated heterocycles. The van der Waals surface area contributed by atoms with E-state index in [4.69, 9.17) is 0 Å². The SMILES string of the molecule is c1ccc2c(-c3c[nH]c4c3ccc3ccccc34)cccc2c1. The minimum atomic E-state index is 1.21. The molecule has 1 aromatic heterocycles. The fourth-order valence-corrected chi connectivity index (χ4v) is 3.56. The topological polar surface area (TPSA) is 15.8 Å². The number of aromatic amines is 1. The van der Waals surface area contributed by atoms with Gasteiger partial charge in [-0.15, -0.1) is 0 Å². The monoisotopic (exact) mass is 293 g/mol. The van der Waals surface area contributed by atoms with E-state index in [1.165, 1.54) is 43.6 Å². The molecule has 23 heavy (non-hydrogen) atoms. The van der Waals surface area contributed by atoms with E-state index in [0.29, 0.717) is 0 Å². The Balaban J connectivity index is 1.88. The van der Waals surface area contributed by atoms with E-state index in [1.807, 2.05) is 0 Å². The van der Waals surface area contributed by atoms with Gasteiger partial charge in [-0.3, -0.25) is 0 Å². The van der Waals surface area contributed by atoms with Gasteiger partial charge in [0, 0.05) is 22.5 Å². The number of hydrogen-bond donors (Lipinski definition) is 1. The zero-order chi connectivity index (χ0) is 15.2. The Hall–Kier alpha value is -3.06. The molecule has 108 valence electrons. The minimum Gasteiger partial charge on any atom is -0.360 e. The Kier molecular flexibility index (Phi) is 2.56. The van der Waals surface area contributed by atoms with Crippen molar-refractivity contribution in [1.29, 1.82) is 0 Å². The van der Waals surface area contributed by atoms with Crippen LogP contribution in [0.4, 0.5) is 0 Å². The van der Waals surface area contributed by atoms with Crippen molar-refractivity contribution in [2.75, 3.05) is 0 Å². The Morgan fingerprint density at radius 1 is 0.478 bits per heavy atom. The van der Waals surface area contributed by atoms with Crippen LogP contribution in [0.15, 0.2) is 85.1 Å². The van der Waals surface area contributed by atoms with Crippen LogP contribution in [0.2, 0.25) is 0 Å². The smallest absolute Gasteiger partial charge is 0.0540 e. The number of hydrogen-bond acceptors (Lipinski definition) is 0. The average molecular weight is 293 g/mol. The lowest BCUT2D eigenvalue weighted by atomic mass is 9.97. The van der Waals surface area contributed by atoms with Gasteiger partial charge in [0.05, 0.1) is 5.52 Å². The van der Waals surface area contributed by atoms with E-state index in [2.05, 4.69) is 90.0 Å². The van der Waals surface area contributed by atoms with Crippen LogP contribution in [-0.2, 0) is 0 Å². The summed E-state index contributed by atoms with van der Waals surface area (Å²) in [6.07, 6.45) is 2.14. The second-order valence-electron chi connectivity index (χ2n) is 5.94. The van der Waals surface area contributed by atoms with E-state index in [0.717, 1.165) is 0 Å². The molecule has 1 heteroatoms. The molecule has 1 nitrogen and oxygen atoms in total. The van der Waals surface area contributed by atoms with Crippen molar-refractivity contribution in [3.63, 3.8) is 0 Å². The zero-order valence-electron chi connectivity index (χ0n) is 12.6. The molecule has 0 aliphatic heterocycles. The number of nitrogens with one attached hydrogen (secondary N) is 1. The van der Waals surface area contributed by atoms with Gasteiger partial charge in [0.25, 0.3) is 0 Å². The minimum absolute atomic E-state index is 1.21. The maximum Gasteiger partial charge on any atom is 0.0540 e. The van der Waals surface area contributed by atoms with Crippen molar-refractivity contribution >= 4 is 32.4 Å². The highest BCUT2D eigenvalue weighted by molar-refractivity contribution is 6.13. The van der Waals surface area contributed by atoms with Crippen LogP contribution < -0.4 is 0 Å². The molecule has 0 atom stereocenters. The number of aromatic nitrogens is 1. The third kappa shape index (κ3) is 1.80. The Bertz CT molecular complexity index is 1160. The van der Waals surface area contributed by atoms with E-state index in [9.17, 15) is 0 Å². The van der Waals surface area contributed by atoms with Crippen molar-refractivity contribution in [2.45, 2.75) is 0 Å². The Labute approximate surface area is 134 Å². The van der Waals surface area contributed by atoms with Gasteiger partial charge >= 0.3 is 0 Å². The van der Waals surface area contributed by atoms with Crippen LogP contribution in [-0.4, -0.2) is 4.98 Å². The number of benzene rings is 4. The molecule has 1 heterocycles. The molecule has 0 aliphatic rings. The van der Waals surface area contributed by atoms with Crippen LogP contribution in [0.3, 0.4) is 0 Å². The predicted molar refractivity (Wildman–Crippen MR) is 98.7 cm³/mol. The second-order valence-corrected chi connectivity index (χ2v) is 5.94. The predicted octanol–water partition coefficient (Wildman–Crippen LogP) is 6.14. The second kappa shape index (κ2) is 4.72. The Morgan fingerprint density at radius 2 is 1.17 bits per heavy atom. The van der Waals surface area contributed by atoms with Gasteiger partial charge in [0.2, 0.25) is 0 Å². The lowest BCUT2D eigenvalue weighted by molar-refractivity contribution is 1.49. The highest BCUT2D eigenvalue weighted by atomic mass is 14.7. The molecule has 0 unspecified atom stereocenters. The summed E-state index contributed by atoms with van der Waals surface area (Å²) in [7, 11) is 0. The van der Waals surface area contributed by atoms with E-state index in [1.54, 1.807) is 0 Å². The summed E-state index contributed by atoms with van der Waals surface area (Å²) in [6.45, 7) is 0.